The maximum absolute atomic E-state index is 10.7. The molecule has 80 valence electrons. The lowest BCUT2D eigenvalue weighted by molar-refractivity contribution is 0.0697. The summed E-state index contributed by atoms with van der Waals surface area (Å²) in [6.45, 7) is 2.23. The Morgan fingerprint density at radius 3 is 2.80 bits per heavy atom. The van der Waals surface area contributed by atoms with E-state index in [0.717, 1.165) is 11.6 Å². The third-order valence-electron chi connectivity index (χ3n) is 2.85. The molecule has 0 heterocycles. The number of carboxylic acids is 1. The summed E-state index contributed by atoms with van der Waals surface area (Å²) in [6, 6.07) is 7.50. The first-order valence-corrected chi connectivity index (χ1v) is 5.25. The molecule has 1 aliphatic carbocycles. The minimum atomic E-state index is -0.874. The fraction of sp³-hybridized carbons (Fsp3) is 0.417. The largest absolute Gasteiger partial charge is 0.478 e. The number of hydrogen-bond donors (Lipinski definition) is 2. The van der Waals surface area contributed by atoms with Gasteiger partial charge < -0.3 is 10.4 Å². The molecular weight excluding hydrogens is 190 g/mol. The molecule has 0 aromatic heterocycles. The molecule has 1 fully saturated rings. The Morgan fingerprint density at radius 1 is 1.47 bits per heavy atom. The fourth-order valence-electron chi connectivity index (χ4n) is 2.00. The molecule has 3 heteroatoms. The quantitative estimate of drug-likeness (QED) is 0.797. The first kappa shape index (κ1) is 10.0. The van der Waals surface area contributed by atoms with Crippen molar-refractivity contribution in [3.63, 3.8) is 0 Å². The molecule has 0 unspecified atom stereocenters. The van der Waals surface area contributed by atoms with Crippen molar-refractivity contribution >= 4 is 11.7 Å². The van der Waals surface area contributed by atoms with E-state index in [1.165, 1.54) is 12.8 Å². The molecule has 15 heavy (non-hydrogen) atoms. The number of rotatable bonds is 3. The lowest BCUT2D eigenvalue weighted by atomic mass is 9.82. The van der Waals surface area contributed by atoms with Gasteiger partial charge >= 0.3 is 5.97 Å². The van der Waals surface area contributed by atoms with Crippen LogP contribution in [0.3, 0.4) is 0 Å². The standard InChI is InChI=1S/C12H15NO2/c1-8-5-11(6-8)13-10-4-2-3-9(7-10)12(14)15/h2-4,7-8,11,13H,5-6H2,1H3,(H,14,15). The number of carbonyl (C=O) groups is 1. The first-order valence-electron chi connectivity index (χ1n) is 5.25. The Morgan fingerprint density at radius 2 is 2.20 bits per heavy atom. The highest BCUT2D eigenvalue weighted by Crippen LogP contribution is 2.29. The van der Waals surface area contributed by atoms with E-state index < -0.39 is 5.97 Å². The van der Waals surface area contributed by atoms with Gasteiger partial charge in [0.05, 0.1) is 5.56 Å². The third-order valence-corrected chi connectivity index (χ3v) is 2.85. The van der Waals surface area contributed by atoms with Crippen LogP contribution in [-0.2, 0) is 0 Å². The zero-order valence-electron chi connectivity index (χ0n) is 8.73. The highest BCUT2D eigenvalue weighted by molar-refractivity contribution is 5.88. The van der Waals surface area contributed by atoms with Gasteiger partial charge in [0.15, 0.2) is 0 Å². The lowest BCUT2D eigenvalue weighted by Crippen LogP contribution is -2.33. The van der Waals surface area contributed by atoms with Crippen LogP contribution >= 0.6 is 0 Å². The van der Waals surface area contributed by atoms with E-state index in [0.29, 0.717) is 11.6 Å². The summed E-state index contributed by atoms with van der Waals surface area (Å²) in [4.78, 5) is 10.7. The molecule has 3 nitrogen and oxygen atoms in total. The second-order valence-electron chi connectivity index (χ2n) is 4.30. The van der Waals surface area contributed by atoms with E-state index in [1.807, 2.05) is 6.07 Å². The summed E-state index contributed by atoms with van der Waals surface area (Å²) in [5.74, 6) is -0.0780. The monoisotopic (exact) mass is 205 g/mol. The average Bonchev–Trinajstić information content (AvgIpc) is 2.16. The SMILES string of the molecule is CC1CC(Nc2cccc(C(=O)O)c2)C1. The molecule has 2 N–H and O–H groups in total. The first-order chi connectivity index (χ1) is 7.15. The summed E-state index contributed by atoms with van der Waals surface area (Å²) in [5, 5.41) is 12.2. The highest BCUT2D eigenvalue weighted by atomic mass is 16.4. The van der Waals surface area contributed by atoms with Gasteiger partial charge in [0.2, 0.25) is 0 Å². The molecule has 0 spiro atoms. The summed E-state index contributed by atoms with van der Waals surface area (Å²) in [7, 11) is 0. The lowest BCUT2D eigenvalue weighted by Gasteiger charge is -2.34. The Kier molecular flexibility index (Phi) is 2.62. The predicted molar refractivity (Wildman–Crippen MR) is 59.2 cm³/mol. The molecule has 0 radical (unpaired) electrons. The van der Waals surface area contributed by atoms with E-state index in [-0.39, 0.29) is 0 Å². The van der Waals surface area contributed by atoms with Crippen molar-refractivity contribution in [1.82, 2.24) is 0 Å². The second-order valence-corrected chi connectivity index (χ2v) is 4.30. The van der Waals surface area contributed by atoms with Crippen molar-refractivity contribution in [2.24, 2.45) is 5.92 Å². The topological polar surface area (TPSA) is 49.3 Å². The van der Waals surface area contributed by atoms with Crippen molar-refractivity contribution in [2.45, 2.75) is 25.8 Å². The Labute approximate surface area is 89.1 Å². The summed E-state index contributed by atoms with van der Waals surface area (Å²) in [6.07, 6.45) is 2.36. The Bertz CT molecular complexity index is 370. The van der Waals surface area contributed by atoms with E-state index >= 15 is 0 Å². The molecule has 1 aromatic carbocycles. The minimum absolute atomic E-state index is 0.340. The number of hydrogen-bond acceptors (Lipinski definition) is 2. The zero-order chi connectivity index (χ0) is 10.8. The van der Waals surface area contributed by atoms with Crippen LogP contribution in [-0.4, -0.2) is 17.1 Å². The van der Waals surface area contributed by atoms with Gasteiger partial charge in [-0.25, -0.2) is 4.79 Å². The highest BCUT2D eigenvalue weighted by Gasteiger charge is 2.24. The van der Waals surface area contributed by atoms with E-state index in [9.17, 15) is 4.79 Å². The van der Waals surface area contributed by atoms with Crippen LogP contribution in [0, 0.1) is 5.92 Å². The number of carboxylic acid groups (broad SMARTS) is 1. The predicted octanol–water partition coefficient (Wildman–Crippen LogP) is 2.60. The number of nitrogens with one attached hydrogen (secondary N) is 1. The van der Waals surface area contributed by atoms with E-state index in [2.05, 4.69) is 12.2 Å². The van der Waals surface area contributed by atoms with Gasteiger partial charge in [0.25, 0.3) is 0 Å². The molecule has 0 saturated heterocycles. The molecule has 0 bridgehead atoms. The van der Waals surface area contributed by atoms with E-state index in [4.69, 9.17) is 5.11 Å². The van der Waals surface area contributed by atoms with Crippen molar-refractivity contribution in [2.75, 3.05) is 5.32 Å². The summed E-state index contributed by atoms with van der Waals surface area (Å²) in [5.41, 5.74) is 1.25. The van der Waals surface area contributed by atoms with Crippen LogP contribution < -0.4 is 5.32 Å². The molecular formula is C12H15NO2. The molecule has 1 saturated carbocycles. The average molecular weight is 205 g/mol. The Balaban J connectivity index is 2.02. The van der Waals surface area contributed by atoms with Crippen molar-refractivity contribution in [1.29, 1.82) is 0 Å². The summed E-state index contributed by atoms with van der Waals surface area (Å²) >= 11 is 0. The maximum Gasteiger partial charge on any atom is 0.335 e. The van der Waals surface area contributed by atoms with Gasteiger partial charge in [-0.3, -0.25) is 0 Å². The van der Waals surface area contributed by atoms with Gasteiger partial charge in [-0.1, -0.05) is 13.0 Å². The molecule has 2 rings (SSSR count). The smallest absolute Gasteiger partial charge is 0.335 e. The number of benzene rings is 1. The van der Waals surface area contributed by atoms with Crippen molar-refractivity contribution < 1.29 is 9.90 Å². The van der Waals surface area contributed by atoms with Crippen LogP contribution in [0.2, 0.25) is 0 Å². The normalized spacial score (nSPS) is 24.3. The number of aromatic carboxylic acids is 1. The summed E-state index contributed by atoms with van der Waals surface area (Å²) < 4.78 is 0. The van der Waals surface area contributed by atoms with Crippen molar-refractivity contribution in [3.8, 4) is 0 Å². The molecule has 0 amide bonds. The second kappa shape index (κ2) is 3.93. The van der Waals surface area contributed by atoms with Crippen molar-refractivity contribution in [3.05, 3.63) is 29.8 Å². The van der Waals surface area contributed by atoms with Gasteiger partial charge in [0, 0.05) is 11.7 Å². The maximum atomic E-state index is 10.7. The van der Waals surface area contributed by atoms with E-state index in [1.54, 1.807) is 18.2 Å². The molecule has 0 atom stereocenters. The zero-order valence-corrected chi connectivity index (χ0v) is 8.73. The van der Waals surface area contributed by atoms with Crippen LogP contribution in [0.5, 0.6) is 0 Å². The Hall–Kier alpha value is -1.51. The van der Waals surface area contributed by atoms with Gasteiger partial charge in [-0.2, -0.15) is 0 Å². The van der Waals surface area contributed by atoms with Crippen LogP contribution in [0.4, 0.5) is 5.69 Å². The van der Waals surface area contributed by atoms with Gasteiger partial charge in [0.1, 0.15) is 0 Å². The van der Waals surface area contributed by atoms with Crippen LogP contribution in [0.15, 0.2) is 24.3 Å². The minimum Gasteiger partial charge on any atom is -0.478 e. The number of anilines is 1. The van der Waals surface area contributed by atoms with Gasteiger partial charge in [-0.15, -0.1) is 0 Å². The fourth-order valence-corrected chi connectivity index (χ4v) is 2.00. The molecule has 0 aliphatic heterocycles. The van der Waals surface area contributed by atoms with Gasteiger partial charge in [-0.05, 0) is 37.0 Å². The molecule has 1 aromatic rings. The van der Waals surface area contributed by atoms with Crippen LogP contribution in [0.25, 0.3) is 0 Å². The molecule has 1 aliphatic rings. The third kappa shape index (κ3) is 2.29. The van der Waals surface area contributed by atoms with Crippen LogP contribution in [0.1, 0.15) is 30.1 Å².